The lowest BCUT2D eigenvalue weighted by Crippen LogP contribution is -1.99. The molecule has 1 atom stereocenters. The van der Waals surface area contributed by atoms with Crippen LogP contribution in [0.1, 0.15) is 37.9 Å². The summed E-state index contributed by atoms with van der Waals surface area (Å²) >= 11 is 0. The molecule has 0 heterocycles. The van der Waals surface area contributed by atoms with Gasteiger partial charge in [0.2, 0.25) is 0 Å². The minimum Gasteiger partial charge on any atom is -0.494 e. The predicted molar refractivity (Wildman–Crippen MR) is 68.3 cm³/mol. The third kappa shape index (κ3) is 5.71. The van der Waals surface area contributed by atoms with Gasteiger partial charge < -0.3 is 14.6 Å². The van der Waals surface area contributed by atoms with Crippen molar-refractivity contribution in [2.45, 2.75) is 32.3 Å². The fourth-order valence-electron chi connectivity index (χ4n) is 1.58. The van der Waals surface area contributed by atoms with Gasteiger partial charge in [0.1, 0.15) is 5.75 Å². The van der Waals surface area contributed by atoms with E-state index in [4.69, 9.17) is 9.47 Å². The maximum absolute atomic E-state index is 9.45. The third-order valence-corrected chi connectivity index (χ3v) is 2.60. The van der Waals surface area contributed by atoms with Crippen molar-refractivity contribution in [2.24, 2.45) is 0 Å². The minimum atomic E-state index is -0.444. The summed E-state index contributed by atoms with van der Waals surface area (Å²) < 4.78 is 10.6. The maximum Gasteiger partial charge on any atom is 0.119 e. The van der Waals surface area contributed by atoms with Gasteiger partial charge in [-0.15, -0.1) is 0 Å². The van der Waals surface area contributed by atoms with Crippen molar-refractivity contribution in [3.05, 3.63) is 29.8 Å². The number of benzene rings is 1. The van der Waals surface area contributed by atoms with Crippen LogP contribution in [0.3, 0.4) is 0 Å². The first-order valence-corrected chi connectivity index (χ1v) is 6.14. The summed E-state index contributed by atoms with van der Waals surface area (Å²) in [7, 11) is 1.72. The van der Waals surface area contributed by atoms with Crippen molar-refractivity contribution in [3.8, 4) is 5.75 Å². The first-order valence-electron chi connectivity index (χ1n) is 6.14. The summed E-state index contributed by atoms with van der Waals surface area (Å²) in [5.74, 6) is 0.829. The van der Waals surface area contributed by atoms with Crippen LogP contribution >= 0.6 is 0 Å². The van der Waals surface area contributed by atoms with E-state index in [9.17, 15) is 5.11 Å². The zero-order chi connectivity index (χ0) is 12.5. The molecule has 0 spiro atoms. The van der Waals surface area contributed by atoms with Gasteiger partial charge in [-0.3, -0.25) is 0 Å². The van der Waals surface area contributed by atoms with E-state index >= 15 is 0 Å². The Morgan fingerprint density at radius 3 is 2.65 bits per heavy atom. The average Bonchev–Trinajstić information content (AvgIpc) is 2.34. The summed E-state index contributed by atoms with van der Waals surface area (Å²) in [6.45, 7) is 3.29. The van der Waals surface area contributed by atoms with Gasteiger partial charge in [-0.1, -0.05) is 12.1 Å². The highest BCUT2D eigenvalue weighted by Crippen LogP contribution is 2.18. The predicted octanol–water partition coefficient (Wildman–Crippen LogP) is 2.94. The quantitative estimate of drug-likeness (QED) is 0.708. The topological polar surface area (TPSA) is 38.7 Å². The van der Waals surface area contributed by atoms with Crippen molar-refractivity contribution in [1.82, 2.24) is 0 Å². The van der Waals surface area contributed by atoms with Crippen LogP contribution in [0.4, 0.5) is 0 Å². The summed E-state index contributed by atoms with van der Waals surface area (Å²) in [5, 5.41) is 9.45. The Hall–Kier alpha value is -1.06. The molecule has 0 aliphatic heterocycles. The van der Waals surface area contributed by atoms with E-state index < -0.39 is 6.10 Å². The molecule has 1 unspecified atom stereocenters. The van der Waals surface area contributed by atoms with Crippen molar-refractivity contribution < 1.29 is 14.6 Å². The van der Waals surface area contributed by atoms with Crippen LogP contribution in [0.2, 0.25) is 0 Å². The number of methoxy groups -OCH3 is 1. The van der Waals surface area contributed by atoms with Crippen molar-refractivity contribution in [2.75, 3.05) is 20.3 Å². The Labute approximate surface area is 103 Å². The van der Waals surface area contributed by atoms with Crippen LogP contribution in [0.5, 0.6) is 5.75 Å². The molecule has 0 amide bonds. The fourth-order valence-corrected chi connectivity index (χ4v) is 1.58. The van der Waals surface area contributed by atoms with Gasteiger partial charge in [0, 0.05) is 13.7 Å². The molecule has 3 heteroatoms. The lowest BCUT2D eigenvalue weighted by atomic mass is 10.1. The SMILES string of the molecule is COCCCCCOc1cccc(C(C)O)c1. The number of ether oxygens (including phenoxy) is 2. The Morgan fingerprint density at radius 1 is 1.18 bits per heavy atom. The monoisotopic (exact) mass is 238 g/mol. The van der Waals surface area contributed by atoms with Gasteiger partial charge in [0.25, 0.3) is 0 Å². The Morgan fingerprint density at radius 2 is 1.94 bits per heavy atom. The number of aliphatic hydroxyl groups excluding tert-OH is 1. The van der Waals surface area contributed by atoms with Crippen molar-refractivity contribution >= 4 is 0 Å². The second kappa shape index (κ2) is 8.09. The zero-order valence-corrected chi connectivity index (χ0v) is 10.7. The molecule has 3 nitrogen and oxygen atoms in total. The molecule has 0 saturated heterocycles. The highest BCUT2D eigenvalue weighted by molar-refractivity contribution is 5.29. The van der Waals surface area contributed by atoms with Gasteiger partial charge in [-0.2, -0.15) is 0 Å². The van der Waals surface area contributed by atoms with Crippen LogP contribution in [-0.2, 0) is 4.74 Å². The molecule has 0 saturated carbocycles. The molecule has 0 bridgehead atoms. The van der Waals surface area contributed by atoms with E-state index in [-0.39, 0.29) is 0 Å². The summed E-state index contributed by atoms with van der Waals surface area (Å²) in [5.41, 5.74) is 0.891. The third-order valence-electron chi connectivity index (χ3n) is 2.60. The summed E-state index contributed by atoms with van der Waals surface area (Å²) in [6.07, 6.45) is 2.78. The smallest absolute Gasteiger partial charge is 0.119 e. The molecule has 1 N–H and O–H groups in total. The van der Waals surface area contributed by atoms with Crippen LogP contribution in [0.15, 0.2) is 24.3 Å². The summed E-state index contributed by atoms with van der Waals surface area (Å²) in [6, 6.07) is 7.61. The van der Waals surface area contributed by atoms with Crippen molar-refractivity contribution in [3.63, 3.8) is 0 Å². The number of aliphatic hydroxyl groups is 1. The molecule has 0 radical (unpaired) electrons. The molecule has 0 aromatic heterocycles. The molecule has 0 fully saturated rings. The van der Waals surface area contributed by atoms with Gasteiger partial charge in [0.15, 0.2) is 0 Å². The summed E-state index contributed by atoms with van der Waals surface area (Å²) in [4.78, 5) is 0. The molecular formula is C14H22O3. The highest BCUT2D eigenvalue weighted by Gasteiger charge is 2.01. The van der Waals surface area contributed by atoms with E-state index in [1.54, 1.807) is 14.0 Å². The van der Waals surface area contributed by atoms with E-state index in [1.165, 1.54) is 0 Å². The molecule has 1 rings (SSSR count). The molecule has 96 valence electrons. The zero-order valence-electron chi connectivity index (χ0n) is 10.7. The second-order valence-electron chi connectivity index (χ2n) is 4.15. The molecule has 1 aromatic rings. The van der Waals surface area contributed by atoms with E-state index in [2.05, 4.69) is 0 Å². The number of hydrogen-bond acceptors (Lipinski definition) is 3. The molecule has 0 aliphatic rings. The molecule has 0 aliphatic carbocycles. The van der Waals surface area contributed by atoms with Gasteiger partial charge in [-0.05, 0) is 43.9 Å². The van der Waals surface area contributed by atoms with Gasteiger partial charge in [-0.25, -0.2) is 0 Å². The maximum atomic E-state index is 9.45. The Kier molecular flexibility index (Phi) is 6.67. The van der Waals surface area contributed by atoms with Crippen LogP contribution in [0, 0.1) is 0 Å². The fraction of sp³-hybridized carbons (Fsp3) is 0.571. The lowest BCUT2D eigenvalue weighted by molar-refractivity contribution is 0.188. The largest absolute Gasteiger partial charge is 0.494 e. The lowest BCUT2D eigenvalue weighted by Gasteiger charge is -2.09. The normalized spacial score (nSPS) is 12.4. The van der Waals surface area contributed by atoms with Gasteiger partial charge >= 0.3 is 0 Å². The van der Waals surface area contributed by atoms with Gasteiger partial charge in [0.05, 0.1) is 12.7 Å². The van der Waals surface area contributed by atoms with E-state index in [1.807, 2.05) is 24.3 Å². The average molecular weight is 238 g/mol. The molecule has 17 heavy (non-hydrogen) atoms. The number of hydrogen-bond donors (Lipinski definition) is 1. The molecule has 1 aromatic carbocycles. The standard InChI is InChI=1S/C14H22O3/c1-12(15)13-7-6-8-14(11-13)17-10-5-3-4-9-16-2/h6-8,11-12,15H,3-5,9-10H2,1-2H3. The number of rotatable bonds is 8. The highest BCUT2D eigenvalue weighted by atomic mass is 16.5. The van der Waals surface area contributed by atoms with Crippen LogP contribution in [-0.4, -0.2) is 25.4 Å². The van der Waals surface area contributed by atoms with E-state index in [0.717, 1.165) is 37.2 Å². The second-order valence-corrected chi connectivity index (χ2v) is 4.15. The first kappa shape index (κ1) is 14.0. The minimum absolute atomic E-state index is 0.444. The van der Waals surface area contributed by atoms with Crippen molar-refractivity contribution in [1.29, 1.82) is 0 Å². The van der Waals surface area contributed by atoms with Crippen LogP contribution in [0.25, 0.3) is 0 Å². The first-order chi connectivity index (χ1) is 8.24. The Balaban J connectivity index is 2.24. The number of unbranched alkanes of at least 4 members (excludes halogenated alkanes) is 2. The van der Waals surface area contributed by atoms with Crippen LogP contribution < -0.4 is 4.74 Å². The van der Waals surface area contributed by atoms with E-state index in [0.29, 0.717) is 6.61 Å². The Bertz CT molecular complexity index is 310. The molecular weight excluding hydrogens is 216 g/mol.